The van der Waals surface area contributed by atoms with Gasteiger partial charge in [-0.2, -0.15) is 13.2 Å². The van der Waals surface area contributed by atoms with Gasteiger partial charge in [0.05, 0.1) is 23.6 Å². The zero-order valence-electron chi connectivity index (χ0n) is 23.2. The lowest BCUT2D eigenvalue weighted by Crippen LogP contribution is -2.34. The van der Waals surface area contributed by atoms with Gasteiger partial charge in [0.2, 0.25) is 0 Å². The zero-order chi connectivity index (χ0) is 30.1. The Kier molecular flexibility index (Phi) is 10.7. The van der Waals surface area contributed by atoms with Crippen molar-refractivity contribution in [1.29, 1.82) is 0 Å². The minimum Gasteiger partial charge on any atom is -0.493 e. The fourth-order valence-corrected chi connectivity index (χ4v) is 5.34. The van der Waals surface area contributed by atoms with Gasteiger partial charge in [-0.1, -0.05) is 103 Å². The van der Waals surface area contributed by atoms with E-state index in [4.69, 9.17) is 21.4 Å². The quantitative estimate of drug-likeness (QED) is 0.169. The van der Waals surface area contributed by atoms with E-state index in [0.717, 1.165) is 17.2 Å². The van der Waals surface area contributed by atoms with E-state index in [1.807, 2.05) is 43.3 Å². The highest BCUT2D eigenvalue weighted by Gasteiger charge is 2.34. The molecule has 42 heavy (non-hydrogen) atoms. The Labute approximate surface area is 249 Å². The summed E-state index contributed by atoms with van der Waals surface area (Å²) in [7, 11) is 0. The topological polar surface area (TPSA) is 49.8 Å². The Morgan fingerprint density at radius 1 is 0.881 bits per heavy atom. The molecule has 0 fully saturated rings. The van der Waals surface area contributed by atoms with Crippen LogP contribution in [0.2, 0.25) is 5.02 Å². The third kappa shape index (κ3) is 8.84. The number of nitrogens with zero attached hydrogens (tertiary/aromatic N) is 1. The summed E-state index contributed by atoms with van der Waals surface area (Å²) < 4.78 is 46.9. The first-order valence-electron chi connectivity index (χ1n) is 13.7. The van der Waals surface area contributed by atoms with Crippen LogP contribution in [-0.4, -0.2) is 35.7 Å². The molecule has 0 radical (unpaired) electrons. The van der Waals surface area contributed by atoms with Gasteiger partial charge in [-0.05, 0) is 40.5 Å². The van der Waals surface area contributed by atoms with Crippen LogP contribution in [0.5, 0.6) is 5.75 Å². The van der Waals surface area contributed by atoms with Crippen LogP contribution in [0.1, 0.15) is 40.7 Å². The summed E-state index contributed by atoms with van der Waals surface area (Å²) >= 11 is 6.32. The molecule has 0 aliphatic rings. The van der Waals surface area contributed by atoms with Crippen LogP contribution in [-0.2, 0) is 23.9 Å². The molecule has 4 nitrogen and oxygen atoms in total. The van der Waals surface area contributed by atoms with Gasteiger partial charge in [-0.25, -0.2) is 0 Å². The Balaban J connectivity index is 1.58. The second-order valence-corrected chi connectivity index (χ2v) is 10.9. The molecule has 0 aliphatic carbocycles. The van der Waals surface area contributed by atoms with Crippen LogP contribution in [0.4, 0.5) is 13.2 Å². The van der Waals surface area contributed by atoms with Crippen molar-refractivity contribution in [3.05, 3.63) is 136 Å². The van der Waals surface area contributed by atoms with Gasteiger partial charge in [0.1, 0.15) is 5.75 Å². The summed E-state index contributed by atoms with van der Waals surface area (Å²) in [6.45, 7) is 3.64. The van der Waals surface area contributed by atoms with Crippen LogP contribution < -0.4 is 4.74 Å². The van der Waals surface area contributed by atoms with E-state index in [1.165, 1.54) is 6.07 Å². The number of rotatable bonds is 13. The van der Waals surface area contributed by atoms with Gasteiger partial charge in [0.15, 0.2) is 0 Å². The molecule has 0 heterocycles. The van der Waals surface area contributed by atoms with E-state index in [9.17, 15) is 18.0 Å². The molecular weight excluding hydrogens is 563 g/mol. The Bertz CT molecular complexity index is 1410. The number of carboxylic acid groups (broad SMARTS) is 1. The van der Waals surface area contributed by atoms with E-state index in [1.54, 1.807) is 30.3 Å². The number of ether oxygens (including phenoxy) is 1. The molecule has 0 aromatic heterocycles. The molecule has 1 N–H and O–H groups in total. The molecule has 4 rings (SSSR count). The molecule has 0 unspecified atom stereocenters. The van der Waals surface area contributed by atoms with Crippen molar-refractivity contribution < 1.29 is 27.8 Å². The molecule has 1 atom stereocenters. The second-order valence-electron chi connectivity index (χ2n) is 10.5. The second kappa shape index (κ2) is 14.4. The lowest BCUT2D eigenvalue weighted by Gasteiger charge is -2.31. The molecule has 0 aliphatic heterocycles. The lowest BCUT2D eigenvalue weighted by atomic mass is 9.90. The van der Waals surface area contributed by atoms with Crippen LogP contribution in [0.15, 0.2) is 103 Å². The molecule has 0 spiro atoms. The van der Waals surface area contributed by atoms with Gasteiger partial charge in [-0.3, -0.25) is 9.69 Å². The van der Waals surface area contributed by atoms with E-state index >= 15 is 0 Å². The predicted molar refractivity (Wildman–Crippen MR) is 159 cm³/mol. The van der Waals surface area contributed by atoms with Crippen LogP contribution in [0.25, 0.3) is 0 Å². The number of benzene rings is 4. The maximum Gasteiger partial charge on any atom is 0.417 e. The van der Waals surface area contributed by atoms with Crippen molar-refractivity contribution in [2.45, 2.75) is 32.0 Å². The van der Waals surface area contributed by atoms with Crippen molar-refractivity contribution in [3.8, 4) is 5.75 Å². The third-order valence-corrected chi connectivity index (χ3v) is 7.43. The molecular formula is C34H33ClF3NO3. The van der Waals surface area contributed by atoms with Gasteiger partial charge < -0.3 is 9.84 Å². The Hall–Kier alpha value is -3.81. The molecule has 220 valence electrons. The number of aliphatic carboxylic acids is 1. The molecule has 0 bridgehead atoms. The highest BCUT2D eigenvalue weighted by molar-refractivity contribution is 6.32. The third-order valence-electron chi connectivity index (χ3n) is 6.98. The van der Waals surface area contributed by atoms with Crippen molar-refractivity contribution in [1.82, 2.24) is 4.90 Å². The van der Waals surface area contributed by atoms with Gasteiger partial charge in [0.25, 0.3) is 0 Å². The first-order chi connectivity index (χ1) is 20.1. The number of halogens is 4. The van der Waals surface area contributed by atoms with Crippen molar-refractivity contribution >= 4 is 17.6 Å². The van der Waals surface area contributed by atoms with E-state index in [2.05, 4.69) is 29.2 Å². The molecule has 4 aromatic rings. The number of alkyl halides is 3. The maximum atomic E-state index is 13.6. The largest absolute Gasteiger partial charge is 0.493 e. The zero-order valence-corrected chi connectivity index (χ0v) is 24.0. The SMILES string of the molecule is C[C@@H](COc1cccc(CC(=O)O)c1)CN(Cc1cccc(C(F)(F)F)c1Cl)CC(c1ccccc1)c1ccccc1. The molecule has 0 saturated carbocycles. The average Bonchev–Trinajstić information content (AvgIpc) is 2.96. The fraction of sp³-hybridized carbons (Fsp3) is 0.265. The predicted octanol–water partition coefficient (Wildman–Crippen LogP) is 8.34. The highest BCUT2D eigenvalue weighted by atomic mass is 35.5. The summed E-state index contributed by atoms with van der Waals surface area (Å²) in [5.41, 5.74) is 2.40. The number of carboxylic acids is 1. The van der Waals surface area contributed by atoms with Gasteiger partial charge in [0, 0.05) is 31.5 Å². The lowest BCUT2D eigenvalue weighted by molar-refractivity contribution is -0.138. The van der Waals surface area contributed by atoms with Crippen molar-refractivity contribution in [3.63, 3.8) is 0 Å². The van der Waals surface area contributed by atoms with Crippen LogP contribution >= 0.6 is 11.6 Å². The van der Waals surface area contributed by atoms with Crippen LogP contribution in [0.3, 0.4) is 0 Å². The monoisotopic (exact) mass is 595 g/mol. The maximum absolute atomic E-state index is 13.6. The summed E-state index contributed by atoms with van der Waals surface area (Å²) in [4.78, 5) is 13.2. The summed E-state index contributed by atoms with van der Waals surface area (Å²) in [6, 6.07) is 31.1. The van der Waals surface area contributed by atoms with Gasteiger partial charge >= 0.3 is 12.1 Å². The Morgan fingerprint density at radius 3 is 2.10 bits per heavy atom. The number of hydrogen-bond acceptors (Lipinski definition) is 3. The minimum atomic E-state index is -4.55. The van der Waals surface area contributed by atoms with Crippen molar-refractivity contribution in [2.24, 2.45) is 5.92 Å². The smallest absolute Gasteiger partial charge is 0.417 e. The number of hydrogen-bond donors (Lipinski definition) is 1. The molecule has 4 aromatic carbocycles. The van der Waals surface area contributed by atoms with Crippen LogP contribution in [0, 0.1) is 5.92 Å². The van der Waals surface area contributed by atoms with Gasteiger partial charge in [-0.15, -0.1) is 0 Å². The minimum absolute atomic E-state index is 0.00935. The summed E-state index contributed by atoms with van der Waals surface area (Å²) in [5, 5.41) is 8.81. The van der Waals surface area contributed by atoms with E-state index < -0.39 is 17.7 Å². The molecule has 8 heteroatoms. The van der Waals surface area contributed by atoms with E-state index in [-0.39, 0.29) is 29.8 Å². The number of carbonyl (C=O) groups is 1. The van der Waals surface area contributed by atoms with Crippen molar-refractivity contribution in [2.75, 3.05) is 19.7 Å². The average molecular weight is 596 g/mol. The first-order valence-corrected chi connectivity index (χ1v) is 14.1. The Morgan fingerprint density at radius 2 is 1.50 bits per heavy atom. The molecule has 0 saturated heterocycles. The highest BCUT2D eigenvalue weighted by Crippen LogP contribution is 2.37. The van der Waals surface area contributed by atoms with E-state index in [0.29, 0.717) is 36.6 Å². The first kappa shape index (κ1) is 31.1. The fourth-order valence-electron chi connectivity index (χ4n) is 5.05. The summed E-state index contributed by atoms with van der Waals surface area (Å²) in [5.74, 6) is -0.391. The normalized spacial score (nSPS) is 12.5. The summed E-state index contributed by atoms with van der Waals surface area (Å²) in [6.07, 6.45) is -4.65. The standard InChI is InChI=1S/C34H33ClF3NO3/c1-24(23-42-29-16-8-10-25(18-29)19-32(40)41)20-39(21-28-15-9-17-31(33(28)35)34(36,37)38)22-30(26-11-4-2-5-12-26)27-13-6-3-7-14-27/h2-18,24,30H,19-23H2,1H3,(H,40,41)/t24-/m1/s1. The molecule has 0 amide bonds.